The molecule has 0 aliphatic rings. The molecule has 5 nitrogen and oxygen atoms in total. The Labute approximate surface area is 116 Å². The van der Waals surface area contributed by atoms with Crippen LogP contribution >= 0.6 is 0 Å². The molecule has 0 aliphatic heterocycles. The molecule has 0 amide bonds. The van der Waals surface area contributed by atoms with Gasteiger partial charge in [0.1, 0.15) is 6.61 Å². The second kappa shape index (κ2) is 5.97. The van der Waals surface area contributed by atoms with Gasteiger partial charge in [0.25, 0.3) is 0 Å². The molecule has 0 saturated carbocycles. The van der Waals surface area contributed by atoms with E-state index in [1.807, 2.05) is 30.3 Å². The van der Waals surface area contributed by atoms with Crippen LogP contribution in [0.5, 0.6) is 17.2 Å². The number of carbonyl (C=O) groups excluding carboxylic acids is 1. The summed E-state index contributed by atoms with van der Waals surface area (Å²) in [5.74, 6) is -1.44. The summed E-state index contributed by atoms with van der Waals surface area (Å²) in [4.78, 5) is 11.4. The van der Waals surface area contributed by atoms with Crippen molar-refractivity contribution in [3.8, 4) is 17.2 Å². The number of carbonyl (C=O) groups is 1. The van der Waals surface area contributed by atoms with Crippen molar-refractivity contribution in [1.29, 1.82) is 0 Å². The van der Waals surface area contributed by atoms with Gasteiger partial charge in [0.15, 0.2) is 11.5 Å². The molecule has 0 unspecified atom stereocenters. The molecule has 5 heteroatoms. The van der Waals surface area contributed by atoms with Gasteiger partial charge in [-0.25, -0.2) is 4.79 Å². The van der Waals surface area contributed by atoms with Crippen molar-refractivity contribution in [2.75, 3.05) is 7.11 Å². The van der Waals surface area contributed by atoms with Gasteiger partial charge in [0.2, 0.25) is 5.75 Å². The third-order valence-electron chi connectivity index (χ3n) is 2.71. The maximum absolute atomic E-state index is 11.4. The number of rotatable bonds is 4. The van der Waals surface area contributed by atoms with Gasteiger partial charge in [-0.05, 0) is 17.7 Å². The minimum absolute atomic E-state index is 0.0225. The highest BCUT2D eigenvalue weighted by atomic mass is 16.5. The monoisotopic (exact) mass is 274 g/mol. The van der Waals surface area contributed by atoms with Crippen LogP contribution in [0.2, 0.25) is 0 Å². The molecule has 0 spiro atoms. The van der Waals surface area contributed by atoms with Crippen molar-refractivity contribution in [1.82, 2.24) is 0 Å². The molecule has 0 heterocycles. The van der Waals surface area contributed by atoms with Crippen molar-refractivity contribution in [2.45, 2.75) is 6.61 Å². The van der Waals surface area contributed by atoms with Gasteiger partial charge in [-0.15, -0.1) is 0 Å². The molecule has 104 valence electrons. The van der Waals surface area contributed by atoms with Crippen LogP contribution in [-0.4, -0.2) is 23.3 Å². The first-order valence-electron chi connectivity index (χ1n) is 5.93. The van der Waals surface area contributed by atoms with Crippen LogP contribution in [0.25, 0.3) is 0 Å². The first-order chi connectivity index (χ1) is 9.61. The van der Waals surface area contributed by atoms with E-state index in [4.69, 9.17) is 4.74 Å². The molecular weight excluding hydrogens is 260 g/mol. The number of hydrogen-bond donors (Lipinski definition) is 2. The molecular formula is C15H14O5. The molecule has 2 aromatic rings. The number of phenolic OH excluding ortho intramolecular Hbond substituents is 2. The number of methoxy groups -OCH3 is 1. The van der Waals surface area contributed by atoms with Crippen molar-refractivity contribution in [2.24, 2.45) is 0 Å². The summed E-state index contributed by atoms with van der Waals surface area (Å²) in [5, 5.41) is 19.3. The lowest BCUT2D eigenvalue weighted by molar-refractivity contribution is 0.0599. The number of ether oxygens (including phenoxy) is 2. The maximum atomic E-state index is 11.4. The van der Waals surface area contributed by atoms with Gasteiger partial charge < -0.3 is 19.7 Å². The van der Waals surface area contributed by atoms with Crippen LogP contribution in [0, 0.1) is 0 Å². The third kappa shape index (κ3) is 3.00. The molecule has 2 rings (SSSR count). The largest absolute Gasteiger partial charge is 0.504 e. The van der Waals surface area contributed by atoms with Crippen LogP contribution in [0.15, 0.2) is 42.5 Å². The van der Waals surface area contributed by atoms with Crippen LogP contribution in [-0.2, 0) is 11.3 Å². The predicted molar refractivity (Wildman–Crippen MR) is 71.9 cm³/mol. The fraction of sp³-hybridized carbons (Fsp3) is 0.133. The molecule has 0 saturated heterocycles. The van der Waals surface area contributed by atoms with Crippen LogP contribution in [0.1, 0.15) is 15.9 Å². The lowest BCUT2D eigenvalue weighted by Crippen LogP contribution is -2.02. The maximum Gasteiger partial charge on any atom is 0.338 e. The van der Waals surface area contributed by atoms with E-state index in [1.54, 1.807) is 0 Å². The van der Waals surface area contributed by atoms with Gasteiger partial charge in [0.05, 0.1) is 12.7 Å². The lowest BCUT2D eigenvalue weighted by Gasteiger charge is -2.11. The fourth-order valence-electron chi connectivity index (χ4n) is 1.67. The van der Waals surface area contributed by atoms with E-state index in [-0.39, 0.29) is 17.9 Å². The second-order valence-corrected chi connectivity index (χ2v) is 4.11. The normalized spacial score (nSPS) is 10.1. The highest BCUT2D eigenvalue weighted by Gasteiger charge is 2.15. The fourth-order valence-corrected chi connectivity index (χ4v) is 1.67. The van der Waals surface area contributed by atoms with Crippen molar-refractivity contribution < 1.29 is 24.5 Å². The minimum Gasteiger partial charge on any atom is -0.504 e. The highest BCUT2D eigenvalue weighted by molar-refractivity contribution is 5.91. The number of phenols is 2. The van der Waals surface area contributed by atoms with Crippen molar-refractivity contribution >= 4 is 5.97 Å². The zero-order chi connectivity index (χ0) is 14.5. The standard InChI is InChI=1S/C15H14O5/c1-19-15(18)11-7-12(16)14(17)13(8-11)20-9-10-5-3-2-4-6-10/h2-8,16-17H,9H2,1H3. The summed E-state index contributed by atoms with van der Waals surface area (Å²) >= 11 is 0. The van der Waals surface area contributed by atoms with Crippen LogP contribution < -0.4 is 4.74 Å². The third-order valence-corrected chi connectivity index (χ3v) is 2.71. The smallest absolute Gasteiger partial charge is 0.338 e. The van der Waals surface area contributed by atoms with Gasteiger partial charge >= 0.3 is 5.97 Å². The molecule has 2 aromatic carbocycles. The van der Waals surface area contributed by atoms with Gasteiger partial charge in [0, 0.05) is 0 Å². The molecule has 0 bridgehead atoms. The Kier molecular flexibility index (Phi) is 4.10. The van der Waals surface area contributed by atoms with E-state index < -0.39 is 17.5 Å². The average Bonchev–Trinajstić information content (AvgIpc) is 2.48. The molecule has 0 atom stereocenters. The zero-order valence-electron chi connectivity index (χ0n) is 10.9. The molecule has 20 heavy (non-hydrogen) atoms. The van der Waals surface area contributed by atoms with E-state index in [9.17, 15) is 15.0 Å². The topological polar surface area (TPSA) is 76.0 Å². The average molecular weight is 274 g/mol. The van der Waals surface area contributed by atoms with Gasteiger partial charge in [-0.1, -0.05) is 30.3 Å². The van der Waals surface area contributed by atoms with Crippen molar-refractivity contribution in [3.63, 3.8) is 0 Å². The molecule has 0 aromatic heterocycles. The Balaban J connectivity index is 2.22. The highest BCUT2D eigenvalue weighted by Crippen LogP contribution is 2.37. The number of esters is 1. The first-order valence-corrected chi connectivity index (χ1v) is 5.93. The predicted octanol–water partition coefficient (Wildman–Crippen LogP) is 2.46. The Morgan fingerprint density at radius 1 is 1.15 bits per heavy atom. The summed E-state index contributed by atoms with van der Waals surface area (Å²) in [6.45, 7) is 0.207. The SMILES string of the molecule is COC(=O)c1cc(O)c(O)c(OCc2ccccc2)c1. The van der Waals surface area contributed by atoms with Crippen LogP contribution in [0.4, 0.5) is 0 Å². The molecule has 0 radical (unpaired) electrons. The van der Waals surface area contributed by atoms with E-state index in [0.29, 0.717) is 0 Å². The summed E-state index contributed by atoms with van der Waals surface area (Å²) in [6, 6.07) is 11.8. The van der Waals surface area contributed by atoms with Crippen LogP contribution in [0.3, 0.4) is 0 Å². The second-order valence-electron chi connectivity index (χ2n) is 4.11. The summed E-state index contributed by atoms with van der Waals surface area (Å²) < 4.78 is 9.98. The summed E-state index contributed by atoms with van der Waals surface area (Å²) in [5.41, 5.74) is 1.00. The van der Waals surface area contributed by atoms with Gasteiger partial charge in [-0.2, -0.15) is 0 Å². The van der Waals surface area contributed by atoms with E-state index in [0.717, 1.165) is 11.6 Å². The Hall–Kier alpha value is -2.69. The molecule has 2 N–H and O–H groups in total. The summed E-state index contributed by atoms with van der Waals surface area (Å²) in [7, 11) is 1.23. The summed E-state index contributed by atoms with van der Waals surface area (Å²) in [6.07, 6.45) is 0. The molecule has 0 aliphatic carbocycles. The van der Waals surface area contributed by atoms with E-state index in [1.165, 1.54) is 13.2 Å². The quantitative estimate of drug-likeness (QED) is 0.661. The number of aromatic hydroxyl groups is 2. The minimum atomic E-state index is -0.620. The van der Waals surface area contributed by atoms with Crippen molar-refractivity contribution in [3.05, 3.63) is 53.6 Å². The first kappa shape index (κ1) is 13.7. The number of benzene rings is 2. The Bertz CT molecular complexity index is 607. The number of hydrogen-bond acceptors (Lipinski definition) is 5. The van der Waals surface area contributed by atoms with Gasteiger partial charge in [-0.3, -0.25) is 0 Å². The Morgan fingerprint density at radius 3 is 2.50 bits per heavy atom. The van der Waals surface area contributed by atoms with E-state index >= 15 is 0 Å². The zero-order valence-corrected chi connectivity index (χ0v) is 10.9. The molecule has 0 fully saturated rings. The Morgan fingerprint density at radius 2 is 1.85 bits per heavy atom. The van der Waals surface area contributed by atoms with E-state index in [2.05, 4.69) is 4.74 Å². The lowest BCUT2D eigenvalue weighted by atomic mass is 10.2.